The van der Waals surface area contributed by atoms with Crippen LogP contribution in [0.1, 0.15) is 58.8 Å². The fraction of sp³-hybridized carbons (Fsp3) is 0.812. The predicted molar refractivity (Wildman–Crippen MR) is 79.7 cm³/mol. The van der Waals surface area contributed by atoms with Gasteiger partial charge in [0.2, 0.25) is 5.91 Å². The van der Waals surface area contributed by atoms with Crippen LogP contribution in [0.25, 0.3) is 0 Å². The van der Waals surface area contributed by atoms with E-state index in [-0.39, 0.29) is 37.0 Å². The van der Waals surface area contributed by atoms with Gasteiger partial charge in [0.15, 0.2) is 5.78 Å². The van der Waals surface area contributed by atoms with Crippen LogP contribution in [0.3, 0.4) is 0 Å². The summed E-state index contributed by atoms with van der Waals surface area (Å²) >= 11 is 0. The number of hydrogen-bond donors (Lipinski definition) is 0. The minimum atomic E-state index is -0.351. The van der Waals surface area contributed by atoms with E-state index in [0.29, 0.717) is 25.5 Å². The highest BCUT2D eigenvalue weighted by atomic mass is 16.5. The molecule has 0 aromatic rings. The molecule has 0 spiro atoms. The summed E-state index contributed by atoms with van der Waals surface area (Å²) in [5.41, 5.74) is 0. The molecule has 21 heavy (non-hydrogen) atoms. The summed E-state index contributed by atoms with van der Waals surface area (Å²) in [6, 6.07) is 0. The van der Waals surface area contributed by atoms with Crippen LogP contribution >= 0.6 is 0 Å². The Bertz CT molecular complexity index is 367. The average Bonchev–Trinajstić information content (AvgIpc) is 2.62. The van der Waals surface area contributed by atoms with Gasteiger partial charge in [-0.1, -0.05) is 19.8 Å². The molecule has 1 atom stereocenters. The Morgan fingerprint density at radius 3 is 2.67 bits per heavy atom. The van der Waals surface area contributed by atoms with E-state index in [9.17, 15) is 14.4 Å². The molecule has 0 bridgehead atoms. The maximum Gasteiger partial charge on any atom is 0.306 e. The molecule has 0 N–H and O–H groups in total. The van der Waals surface area contributed by atoms with Crippen LogP contribution in [0, 0.1) is 5.92 Å². The molecule has 120 valence electrons. The van der Waals surface area contributed by atoms with E-state index in [1.54, 1.807) is 11.8 Å². The van der Waals surface area contributed by atoms with Crippen LogP contribution in [0.2, 0.25) is 0 Å². The molecule has 5 heteroatoms. The van der Waals surface area contributed by atoms with Crippen molar-refractivity contribution in [2.45, 2.75) is 58.8 Å². The Labute approximate surface area is 127 Å². The molecule has 0 aromatic heterocycles. The lowest BCUT2D eigenvalue weighted by atomic mass is 9.96. The van der Waals surface area contributed by atoms with E-state index >= 15 is 0 Å². The van der Waals surface area contributed by atoms with E-state index in [1.807, 2.05) is 0 Å². The van der Waals surface area contributed by atoms with Gasteiger partial charge in [0, 0.05) is 19.4 Å². The number of likely N-dealkylation sites (tertiary alicyclic amines) is 1. The third-order valence-corrected chi connectivity index (χ3v) is 3.90. The van der Waals surface area contributed by atoms with Gasteiger partial charge in [-0.25, -0.2) is 0 Å². The molecule has 1 unspecified atom stereocenters. The highest BCUT2D eigenvalue weighted by Crippen LogP contribution is 2.22. The molecular formula is C16H27NO4. The second kappa shape index (κ2) is 9.53. The van der Waals surface area contributed by atoms with E-state index in [0.717, 1.165) is 25.7 Å². The van der Waals surface area contributed by atoms with E-state index < -0.39 is 0 Å². The molecule has 1 rings (SSSR count). The monoisotopic (exact) mass is 297 g/mol. The van der Waals surface area contributed by atoms with Crippen molar-refractivity contribution in [2.75, 3.05) is 19.7 Å². The molecule has 1 heterocycles. The van der Waals surface area contributed by atoms with Crippen molar-refractivity contribution in [3.05, 3.63) is 0 Å². The Balaban J connectivity index is 2.37. The number of nitrogens with zero attached hydrogens (tertiary/aromatic N) is 1. The number of esters is 1. The number of carbonyl (C=O) groups excluding carboxylic acids is 3. The van der Waals surface area contributed by atoms with Gasteiger partial charge < -0.3 is 9.64 Å². The Morgan fingerprint density at radius 2 is 2.00 bits per heavy atom. The number of ether oxygens (including phenoxy) is 1. The van der Waals surface area contributed by atoms with Crippen LogP contribution in [-0.4, -0.2) is 42.3 Å². The standard InChI is InChI=1S/C16H27NO4/c1-3-5-13-6-8-15(19)17(11-10-13)12-14(18)7-9-16(20)21-4-2/h13H,3-12H2,1-2H3. The average molecular weight is 297 g/mol. The Morgan fingerprint density at radius 1 is 1.24 bits per heavy atom. The van der Waals surface area contributed by atoms with Crippen molar-refractivity contribution in [1.29, 1.82) is 0 Å². The molecule has 0 radical (unpaired) electrons. The molecule has 5 nitrogen and oxygen atoms in total. The summed E-state index contributed by atoms with van der Waals surface area (Å²) in [6.45, 7) is 5.02. The van der Waals surface area contributed by atoms with Crippen molar-refractivity contribution in [3.63, 3.8) is 0 Å². The van der Waals surface area contributed by atoms with Crippen LogP contribution in [0.5, 0.6) is 0 Å². The zero-order chi connectivity index (χ0) is 15.7. The number of hydrogen-bond acceptors (Lipinski definition) is 4. The van der Waals surface area contributed by atoms with Gasteiger partial charge in [-0.15, -0.1) is 0 Å². The zero-order valence-electron chi connectivity index (χ0n) is 13.2. The van der Waals surface area contributed by atoms with Crippen LogP contribution in [-0.2, 0) is 19.1 Å². The summed E-state index contributed by atoms with van der Waals surface area (Å²) in [7, 11) is 0. The third-order valence-electron chi connectivity index (χ3n) is 3.90. The topological polar surface area (TPSA) is 63.7 Å². The first kappa shape index (κ1) is 17.7. The lowest BCUT2D eigenvalue weighted by Crippen LogP contribution is -2.35. The molecule has 1 aliphatic heterocycles. The van der Waals surface area contributed by atoms with Crippen molar-refractivity contribution >= 4 is 17.7 Å². The molecule has 1 aliphatic rings. The second-order valence-corrected chi connectivity index (χ2v) is 5.64. The van der Waals surface area contributed by atoms with Crippen LogP contribution < -0.4 is 0 Å². The maximum absolute atomic E-state index is 12.0. The molecule has 0 aromatic carbocycles. The fourth-order valence-corrected chi connectivity index (χ4v) is 2.72. The van der Waals surface area contributed by atoms with Crippen LogP contribution in [0.4, 0.5) is 0 Å². The largest absolute Gasteiger partial charge is 0.466 e. The van der Waals surface area contributed by atoms with Crippen molar-refractivity contribution in [2.24, 2.45) is 5.92 Å². The molecule has 0 saturated carbocycles. The third kappa shape index (κ3) is 6.74. The lowest BCUT2D eigenvalue weighted by Gasteiger charge is -2.20. The molecular weight excluding hydrogens is 270 g/mol. The first-order valence-corrected chi connectivity index (χ1v) is 8.01. The molecule has 1 fully saturated rings. The van der Waals surface area contributed by atoms with Crippen molar-refractivity contribution < 1.29 is 19.1 Å². The van der Waals surface area contributed by atoms with Gasteiger partial charge in [0.05, 0.1) is 19.6 Å². The smallest absolute Gasteiger partial charge is 0.306 e. The second-order valence-electron chi connectivity index (χ2n) is 5.64. The van der Waals surface area contributed by atoms with Crippen molar-refractivity contribution in [1.82, 2.24) is 4.90 Å². The van der Waals surface area contributed by atoms with Crippen LogP contribution in [0.15, 0.2) is 0 Å². The van der Waals surface area contributed by atoms with Gasteiger partial charge in [-0.3, -0.25) is 14.4 Å². The zero-order valence-corrected chi connectivity index (χ0v) is 13.2. The van der Waals surface area contributed by atoms with E-state index in [2.05, 4.69) is 6.92 Å². The summed E-state index contributed by atoms with van der Waals surface area (Å²) in [6.07, 6.45) is 4.99. The highest BCUT2D eigenvalue weighted by Gasteiger charge is 2.23. The lowest BCUT2D eigenvalue weighted by molar-refractivity contribution is -0.144. The van der Waals surface area contributed by atoms with Gasteiger partial charge in [-0.05, 0) is 25.7 Å². The SMILES string of the molecule is CCCC1CCC(=O)N(CC(=O)CCC(=O)OCC)CC1. The first-order valence-electron chi connectivity index (χ1n) is 8.01. The number of rotatable bonds is 8. The Hall–Kier alpha value is -1.39. The fourth-order valence-electron chi connectivity index (χ4n) is 2.72. The van der Waals surface area contributed by atoms with Crippen molar-refractivity contribution in [3.8, 4) is 0 Å². The maximum atomic E-state index is 12.0. The normalized spacial score (nSPS) is 19.2. The minimum absolute atomic E-state index is 0.0645. The van der Waals surface area contributed by atoms with Gasteiger partial charge in [0.25, 0.3) is 0 Å². The number of ketones is 1. The van der Waals surface area contributed by atoms with E-state index in [1.165, 1.54) is 0 Å². The van der Waals surface area contributed by atoms with Gasteiger partial charge in [-0.2, -0.15) is 0 Å². The molecule has 0 aliphatic carbocycles. The minimum Gasteiger partial charge on any atom is -0.466 e. The van der Waals surface area contributed by atoms with E-state index in [4.69, 9.17) is 4.74 Å². The first-order chi connectivity index (χ1) is 10.1. The predicted octanol–water partition coefficient (Wildman–Crippen LogP) is 2.33. The Kier molecular flexibility index (Phi) is 8.01. The number of carbonyl (C=O) groups is 3. The summed E-state index contributed by atoms with van der Waals surface area (Å²) in [5, 5.41) is 0. The van der Waals surface area contributed by atoms with Gasteiger partial charge in [0.1, 0.15) is 0 Å². The summed E-state index contributed by atoms with van der Waals surface area (Å²) in [5.74, 6) is 0.248. The molecule has 1 saturated heterocycles. The summed E-state index contributed by atoms with van der Waals surface area (Å²) in [4.78, 5) is 36.8. The number of Topliss-reactive ketones (excluding diaryl/α,β-unsaturated/α-hetero) is 1. The highest BCUT2D eigenvalue weighted by molar-refractivity contribution is 5.88. The number of amides is 1. The van der Waals surface area contributed by atoms with Gasteiger partial charge >= 0.3 is 5.97 Å². The quantitative estimate of drug-likeness (QED) is 0.645. The molecule has 1 amide bonds. The summed E-state index contributed by atoms with van der Waals surface area (Å²) < 4.78 is 4.79.